The molecule has 5 heteroatoms. The van der Waals surface area contributed by atoms with E-state index in [1.54, 1.807) is 7.11 Å². The van der Waals surface area contributed by atoms with Crippen LogP contribution in [0.2, 0.25) is 0 Å². The van der Waals surface area contributed by atoms with Crippen molar-refractivity contribution in [1.82, 2.24) is 5.32 Å². The first-order chi connectivity index (χ1) is 12.8. The molecule has 140 valence electrons. The molecule has 0 atom stereocenters. The van der Waals surface area contributed by atoms with Crippen LogP contribution in [0.5, 0.6) is 5.75 Å². The summed E-state index contributed by atoms with van der Waals surface area (Å²) in [6.45, 7) is 2.38. The van der Waals surface area contributed by atoms with Gasteiger partial charge in [0.05, 0.1) is 13.2 Å². The van der Waals surface area contributed by atoms with E-state index in [1.165, 1.54) is 5.56 Å². The minimum absolute atomic E-state index is 0.0661. The van der Waals surface area contributed by atoms with Crippen molar-refractivity contribution in [2.75, 3.05) is 38.7 Å². The predicted octanol–water partition coefficient (Wildman–Crippen LogP) is 3.26. The quantitative estimate of drug-likeness (QED) is 0.573. The smallest absolute Gasteiger partial charge is 0.238 e. The number of methoxy groups -OCH3 is 1. The Morgan fingerprint density at radius 2 is 1.85 bits per heavy atom. The molecule has 5 nitrogen and oxygen atoms in total. The molecule has 2 aromatic rings. The molecule has 0 bridgehead atoms. The molecular weight excluding hydrogens is 328 g/mol. The molecule has 2 N–H and O–H groups in total. The van der Waals surface area contributed by atoms with Gasteiger partial charge in [-0.15, -0.1) is 0 Å². The van der Waals surface area contributed by atoms with Crippen molar-refractivity contribution in [3.8, 4) is 5.75 Å². The molecule has 0 aliphatic carbocycles. The van der Waals surface area contributed by atoms with E-state index in [0.29, 0.717) is 13.2 Å². The summed E-state index contributed by atoms with van der Waals surface area (Å²) in [6, 6.07) is 17.9. The molecule has 0 saturated carbocycles. The first-order valence-electron chi connectivity index (χ1n) is 9.04. The van der Waals surface area contributed by atoms with Crippen molar-refractivity contribution >= 4 is 11.6 Å². The van der Waals surface area contributed by atoms with Gasteiger partial charge in [0.2, 0.25) is 5.91 Å². The van der Waals surface area contributed by atoms with Crippen LogP contribution < -0.4 is 15.4 Å². The maximum atomic E-state index is 11.9. The van der Waals surface area contributed by atoms with E-state index in [9.17, 15) is 4.79 Å². The lowest BCUT2D eigenvalue weighted by atomic mass is 10.1. The Balaban J connectivity index is 1.67. The normalized spacial score (nSPS) is 10.5. The summed E-state index contributed by atoms with van der Waals surface area (Å²) in [4.78, 5) is 11.9. The number of carbonyl (C=O) groups is 1. The van der Waals surface area contributed by atoms with E-state index in [2.05, 4.69) is 34.9 Å². The minimum Gasteiger partial charge on any atom is -0.494 e. The Morgan fingerprint density at radius 1 is 1.00 bits per heavy atom. The van der Waals surface area contributed by atoms with Crippen LogP contribution in [0.1, 0.15) is 18.4 Å². The summed E-state index contributed by atoms with van der Waals surface area (Å²) in [6.07, 6.45) is 2.83. The molecule has 2 aromatic carbocycles. The third-order valence-corrected chi connectivity index (χ3v) is 3.83. The lowest BCUT2D eigenvalue weighted by molar-refractivity contribution is -0.115. The van der Waals surface area contributed by atoms with Gasteiger partial charge < -0.3 is 20.1 Å². The summed E-state index contributed by atoms with van der Waals surface area (Å²) in [5, 5.41) is 5.97. The summed E-state index contributed by atoms with van der Waals surface area (Å²) in [5.41, 5.74) is 2.06. The number of benzene rings is 2. The van der Waals surface area contributed by atoms with E-state index in [0.717, 1.165) is 37.2 Å². The van der Waals surface area contributed by atoms with Gasteiger partial charge in [-0.1, -0.05) is 36.4 Å². The highest BCUT2D eigenvalue weighted by Crippen LogP contribution is 2.17. The van der Waals surface area contributed by atoms with Gasteiger partial charge in [0.15, 0.2) is 0 Å². The van der Waals surface area contributed by atoms with E-state index < -0.39 is 0 Å². The molecule has 2 rings (SSSR count). The van der Waals surface area contributed by atoms with E-state index in [1.807, 2.05) is 30.3 Å². The maximum Gasteiger partial charge on any atom is 0.238 e. The topological polar surface area (TPSA) is 59.6 Å². The van der Waals surface area contributed by atoms with Gasteiger partial charge in [-0.3, -0.25) is 4.79 Å². The number of ether oxygens (including phenoxy) is 2. The van der Waals surface area contributed by atoms with Crippen LogP contribution in [0.25, 0.3) is 0 Å². The van der Waals surface area contributed by atoms with Gasteiger partial charge in [-0.2, -0.15) is 0 Å². The van der Waals surface area contributed by atoms with E-state index in [-0.39, 0.29) is 12.5 Å². The molecule has 1 amide bonds. The highest BCUT2D eigenvalue weighted by atomic mass is 16.5. The molecule has 0 aromatic heterocycles. The Labute approximate surface area is 155 Å². The fourth-order valence-corrected chi connectivity index (χ4v) is 2.52. The number of aryl methyl sites for hydroxylation is 1. The number of rotatable bonds is 12. The van der Waals surface area contributed by atoms with Crippen LogP contribution in [-0.2, 0) is 16.0 Å². The third kappa shape index (κ3) is 8.14. The first-order valence-corrected chi connectivity index (χ1v) is 9.04. The van der Waals surface area contributed by atoms with Crippen molar-refractivity contribution in [2.45, 2.75) is 19.3 Å². The summed E-state index contributed by atoms with van der Waals surface area (Å²) in [7, 11) is 1.67. The summed E-state index contributed by atoms with van der Waals surface area (Å²) in [5.74, 6) is 0.701. The Bertz CT molecular complexity index is 647. The van der Waals surface area contributed by atoms with Crippen LogP contribution in [-0.4, -0.2) is 39.3 Å². The number of anilines is 1. The van der Waals surface area contributed by atoms with Crippen LogP contribution in [0.15, 0.2) is 54.6 Å². The summed E-state index contributed by atoms with van der Waals surface area (Å²) < 4.78 is 10.8. The fraction of sp³-hybridized carbons (Fsp3) is 0.381. The van der Waals surface area contributed by atoms with Crippen molar-refractivity contribution < 1.29 is 14.3 Å². The Kier molecular flexibility index (Phi) is 9.25. The van der Waals surface area contributed by atoms with Gasteiger partial charge in [0, 0.05) is 25.5 Å². The standard InChI is InChI=1S/C21H28N2O3/c1-25-14-7-13-22-17-21(24)23-19-11-5-12-20(16-19)26-15-6-10-18-8-3-2-4-9-18/h2-5,8-9,11-12,16,22H,6-7,10,13-15,17H2,1H3,(H,23,24). The van der Waals surface area contributed by atoms with Gasteiger partial charge in [0.25, 0.3) is 0 Å². The van der Waals surface area contributed by atoms with Crippen LogP contribution >= 0.6 is 0 Å². The zero-order valence-electron chi connectivity index (χ0n) is 15.4. The van der Waals surface area contributed by atoms with Gasteiger partial charge in [-0.25, -0.2) is 0 Å². The molecular formula is C21H28N2O3. The lowest BCUT2D eigenvalue weighted by Gasteiger charge is -2.10. The second-order valence-corrected chi connectivity index (χ2v) is 6.04. The van der Waals surface area contributed by atoms with Crippen molar-refractivity contribution in [3.63, 3.8) is 0 Å². The number of hydrogen-bond acceptors (Lipinski definition) is 4. The molecule has 0 spiro atoms. The Hall–Kier alpha value is -2.37. The molecule has 0 radical (unpaired) electrons. The predicted molar refractivity (Wildman–Crippen MR) is 105 cm³/mol. The first kappa shape index (κ1) is 19.9. The van der Waals surface area contributed by atoms with Crippen LogP contribution in [0.4, 0.5) is 5.69 Å². The van der Waals surface area contributed by atoms with E-state index >= 15 is 0 Å². The fourth-order valence-electron chi connectivity index (χ4n) is 2.52. The van der Waals surface area contributed by atoms with Gasteiger partial charge in [0.1, 0.15) is 5.75 Å². The monoisotopic (exact) mass is 356 g/mol. The van der Waals surface area contributed by atoms with Crippen molar-refractivity contribution in [2.24, 2.45) is 0 Å². The lowest BCUT2D eigenvalue weighted by Crippen LogP contribution is -2.29. The van der Waals surface area contributed by atoms with Crippen LogP contribution in [0, 0.1) is 0 Å². The zero-order chi connectivity index (χ0) is 18.5. The molecule has 0 fully saturated rings. The zero-order valence-corrected chi connectivity index (χ0v) is 15.4. The second kappa shape index (κ2) is 12.1. The second-order valence-electron chi connectivity index (χ2n) is 6.04. The number of amides is 1. The molecule has 0 saturated heterocycles. The number of hydrogen-bond donors (Lipinski definition) is 2. The molecule has 0 aliphatic rings. The molecule has 0 aliphatic heterocycles. The highest BCUT2D eigenvalue weighted by molar-refractivity contribution is 5.92. The Morgan fingerprint density at radius 3 is 2.65 bits per heavy atom. The maximum absolute atomic E-state index is 11.9. The van der Waals surface area contributed by atoms with Crippen molar-refractivity contribution in [3.05, 3.63) is 60.2 Å². The van der Waals surface area contributed by atoms with Gasteiger partial charge >= 0.3 is 0 Å². The molecule has 0 unspecified atom stereocenters. The largest absolute Gasteiger partial charge is 0.494 e. The average molecular weight is 356 g/mol. The third-order valence-electron chi connectivity index (χ3n) is 3.83. The molecule has 0 heterocycles. The average Bonchev–Trinajstić information content (AvgIpc) is 2.66. The molecule has 26 heavy (non-hydrogen) atoms. The summed E-state index contributed by atoms with van der Waals surface area (Å²) >= 11 is 0. The van der Waals surface area contributed by atoms with Gasteiger partial charge in [-0.05, 0) is 43.5 Å². The minimum atomic E-state index is -0.0661. The van der Waals surface area contributed by atoms with E-state index in [4.69, 9.17) is 9.47 Å². The SMILES string of the molecule is COCCCNCC(=O)Nc1cccc(OCCCc2ccccc2)c1. The number of carbonyl (C=O) groups excluding carboxylic acids is 1. The van der Waals surface area contributed by atoms with Crippen LogP contribution in [0.3, 0.4) is 0 Å². The van der Waals surface area contributed by atoms with Crippen molar-refractivity contribution in [1.29, 1.82) is 0 Å². The number of nitrogens with one attached hydrogen (secondary N) is 2. The highest BCUT2D eigenvalue weighted by Gasteiger charge is 2.03.